The number of halogens is 1. The minimum atomic E-state index is -0.571. The number of likely N-dealkylation sites (tertiary alicyclic amines) is 1. The van der Waals surface area contributed by atoms with Crippen LogP contribution in [0.25, 0.3) is 0 Å². The molecule has 31 heavy (non-hydrogen) atoms. The van der Waals surface area contributed by atoms with Crippen molar-refractivity contribution in [1.82, 2.24) is 10.2 Å². The molecule has 2 aliphatic rings. The van der Waals surface area contributed by atoms with Gasteiger partial charge in [0.15, 0.2) is 5.78 Å². The van der Waals surface area contributed by atoms with E-state index in [4.69, 9.17) is 0 Å². The lowest BCUT2D eigenvalue weighted by molar-refractivity contribution is -0.130. The van der Waals surface area contributed by atoms with Gasteiger partial charge in [-0.1, -0.05) is 45.2 Å². The lowest BCUT2D eigenvalue weighted by atomic mass is 9.80. The number of nitrogens with one attached hydrogen (secondary N) is 1. The third-order valence-corrected chi connectivity index (χ3v) is 6.86. The normalized spacial score (nSPS) is 21.1. The maximum Gasteiger partial charge on any atom is 0.254 e. The molecule has 3 rings (SSSR count). The van der Waals surface area contributed by atoms with Crippen LogP contribution in [0, 0.1) is 17.7 Å². The highest BCUT2D eigenvalue weighted by atomic mass is 19.1. The van der Waals surface area contributed by atoms with Gasteiger partial charge < -0.3 is 10.2 Å². The molecule has 1 aromatic rings. The van der Waals surface area contributed by atoms with Crippen molar-refractivity contribution >= 4 is 17.6 Å². The van der Waals surface area contributed by atoms with Crippen LogP contribution < -0.4 is 5.32 Å². The van der Waals surface area contributed by atoms with E-state index < -0.39 is 17.8 Å². The van der Waals surface area contributed by atoms with E-state index in [0.29, 0.717) is 18.7 Å². The maximum atomic E-state index is 15.4. The summed E-state index contributed by atoms with van der Waals surface area (Å²) in [5.74, 6) is -1.26. The molecule has 1 unspecified atom stereocenters. The van der Waals surface area contributed by atoms with Crippen LogP contribution in [0.15, 0.2) is 18.2 Å². The molecule has 1 aromatic carbocycles. The minimum Gasteiger partial charge on any atom is -0.342 e. The Morgan fingerprint density at radius 2 is 1.81 bits per heavy atom. The Morgan fingerprint density at radius 3 is 2.45 bits per heavy atom. The number of benzene rings is 1. The molecular weight excluding hydrogens is 395 g/mol. The molecule has 0 spiro atoms. The van der Waals surface area contributed by atoms with Crippen LogP contribution in [0.4, 0.5) is 4.39 Å². The molecular formula is C25H37FN2O3. The Kier molecular flexibility index (Phi) is 7.84. The largest absolute Gasteiger partial charge is 0.342 e. The van der Waals surface area contributed by atoms with Gasteiger partial charge in [0.05, 0.1) is 11.6 Å². The van der Waals surface area contributed by atoms with Crippen molar-refractivity contribution in [3.8, 4) is 0 Å². The molecule has 1 N–H and O–H groups in total. The molecule has 2 amide bonds. The highest BCUT2D eigenvalue weighted by Gasteiger charge is 2.33. The van der Waals surface area contributed by atoms with Gasteiger partial charge >= 0.3 is 0 Å². The molecule has 2 fully saturated rings. The van der Waals surface area contributed by atoms with E-state index in [9.17, 15) is 14.4 Å². The Hall–Kier alpha value is -2.24. The van der Waals surface area contributed by atoms with Gasteiger partial charge in [0.1, 0.15) is 5.82 Å². The zero-order chi connectivity index (χ0) is 22.5. The third kappa shape index (κ3) is 5.52. The second-order valence-electron chi connectivity index (χ2n) is 9.42. The van der Waals surface area contributed by atoms with Gasteiger partial charge in [-0.05, 0) is 43.2 Å². The monoisotopic (exact) mass is 432 g/mol. The van der Waals surface area contributed by atoms with Crippen LogP contribution in [0.5, 0.6) is 0 Å². The molecule has 5 nitrogen and oxygen atoms in total. The molecule has 0 aromatic heterocycles. The Balaban J connectivity index is 0.00000363. The summed E-state index contributed by atoms with van der Waals surface area (Å²) in [5, 5.41) is 2.89. The van der Waals surface area contributed by atoms with Crippen molar-refractivity contribution in [2.45, 2.75) is 77.7 Å². The van der Waals surface area contributed by atoms with E-state index in [2.05, 4.69) is 5.32 Å². The predicted molar refractivity (Wildman–Crippen MR) is 120 cm³/mol. The Bertz CT molecular complexity index is 823. The number of hydrogen-bond acceptors (Lipinski definition) is 3. The van der Waals surface area contributed by atoms with Gasteiger partial charge in [-0.3, -0.25) is 14.4 Å². The summed E-state index contributed by atoms with van der Waals surface area (Å²) >= 11 is 0. The number of rotatable bonds is 6. The fourth-order valence-electron chi connectivity index (χ4n) is 5.02. The SMILES string of the molecule is CC(=O)N1CCCC(c2cccc(C(=O)N[C@@H](C(=O)C(C)C)C3CCCCC3)c2F)C1.[HH]. The van der Waals surface area contributed by atoms with E-state index >= 15 is 4.39 Å². The van der Waals surface area contributed by atoms with Crippen LogP contribution >= 0.6 is 0 Å². The maximum absolute atomic E-state index is 15.4. The summed E-state index contributed by atoms with van der Waals surface area (Å²) in [7, 11) is 0. The van der Waals surface area contributed by atoms with Gasteiger partial charge in [-0.2, -0.15) is 0 Å². The molecule has 0 bridgehead atoms. The predicted octanol–water partition coefficient (Wildman–Crippen LogP) is 4.70. The van der Waals surface area contributed by atoms with Crippen LogP contribution in [0.3, 0.4) is 0 Å². The topological polar surface area (TPSA) is 66.5 Å². The first-order chi connectivity index (χ1) is 14.8. The summed E-state index contributed by atoms with van der Waals surface area (Å²) in [4.78, 5) is 39.4. The van der Waals surface area contributed by atoms with Crippen molar-refractivity contribution in [1.29, 1.82) is 0 Å². The van der Waals surface area contributed by atoms with Crippen LogP contribution in [0.1, 0.15) is 89.0 Å². The number of nitrogens with zero attached hydrogens (tertiary/aromatic N) is 1. The summed E-state index contributed by atoms with van der Waals surface area (Å²) in [6, 6.07) is 4.31. The molecule has 172 valence electrons. The number of carbonyl (C=O) groups is 3. The standard InChI is InChI=1S/C25H35FN2O3.H2/c1-16(2)24(30)23(18-9-5-4-6-10-18)27-25(31)21-13-7-12-20(22(21)26)19-11-8-14-28(15-19)17(3)29;/h7,12-13,16,18-19,23H,4-6,8-11,14-15H2,1-3H3,(H,27,31);1H/t19?,23-;/m1./s1. The Morgan fingerprint density at radius 1 is 1.10 bits per heavy atom. The van der Waals surface area contributed by atoms with Crippen molar-refractivity contribution in [3.05, 3.63) is 35.1 Å². The molecule has 1 heterocycles. The van der Waals surface area contributed by atoms with E-state index in [1.165, 1.54) is 13.0 Å². The first-order valence-electron chi connectivity index (χ1n) is 11.7. The zero-order valence-corrected chi connectivity index (χ0v) is 19.0. The number of Topliss-reactive ketones (excluding diaryl/α,β-unsaturated/α-hetero) is 1. The molecule has 1 aliphatic carbocycles. The average molecular weight is 433 g/mol. The lowest BCUT2D eigenvalue weighted by Crippen LogP contribution is -2.48. The number of hydrogen-bond donors (Lipinski definition) is 1. The number of amides is 2. The van der Waals surface area contributed by atoms with Crippen LogP contribution in [0.2, 0.25) is 0 Å². The summed E-state index contributed by atoms with van der Waals surface area (Å²) < 4.78 is 15.4. The second kappa shape index (κ2) is 10.4. The minimum absolute atomic E-state index is 0. The van der Waals surface area contributed by atoms with Crippen molar-refractivity contribution in [3.63, 3.8) is 0 Å². The van der Waals surface area contributed by atoms with Gasteiger partial charge in [-0.25, -0.2) is 4.39 Å². The quantitative estimate of drug-likeness (QED) is 0.708. The van der Waals surface area contributed by atoms with Crippen molar-refractivity contribution < 1.29 is 20.2 Å². The molecule has 1 saturated carbocycles. The highest BCUT2D eigenvalue weighted by molar-refractivity contribution is 5.98. The summed E-state index contributed by atoms with van der Waals surface area (Å²) in [6.07, 6.45) is 6.68. The molecule has 1 aliphatic heterocycles. The highest BCUT2D eigenvalue weighted by Crippen LogP contribution is 2.31. The fourth-order valence-corrected chi connectivity index (χ4v) is 5.02. The number of ketones is 1. The summed E-state index contributed by atoms with van der Waals surface area (Å²) in [5.41, 5.74) is 0.456. The van der Waals surface area contributed by atoms with E-state index in [1.807, 2.05) is 13.8 Å². The van der Waals surface area contributed by atoms with Crippen LogP contribution in [-0.2, 0) is 9.59 Å². The van der Waals surface area contributed by atoms with Crippen molar-refractivity contribution in [2.24, 2.45) is 11.8 Å². The number of carbonyl (C=O) groups excluding carboxylic acids is 3. The van der Waals surface area contributed by atoms with E-state index in [1.54, 1.807) is 17.0 Å². The molecule has 6 heteroatoms. The summed E-state index contributed by atoms with van der Waals surface area (Å²) in [6.45, 7) is 6.37. The zero-order valence-electron chi connectivity index (χ0n) is 19.0. The molecule has 2 atom stereocenters. The van der Waals surface area contributed by atoms with Gasteiger partial charge in [0, 0.05) is 33.3 Å². The van der Waals surface area contributed by atoms with Gasteiger partial charge in [0.25, 0.3) is 5.91 Å². The van der Waals surface area contributed by atoms with Crippen LogP contribution in [-0.4, -0.2) is 41.6 Å². The lowest BCUT2D eigenvalue weighted by Gasteiger charge is -2.33. The average Bonchev–Trinajstić information content (AvgIpc) is 2.77. The second-order valence-corrected chi connectivity index (χ2v) is 9.42. The van der Waals surface area contributed by atoms with E-state index in [-0.39, 0.29) is 36.4 Å². The third-order valence-electron chi connectivity index (χ3n) is 6.86. The number of piperidine rings is 1. The first kappa shape index (κ1) is 23.4. The Labute approximate surface area is 186 Å². The molecule has 0 radical (unpaired) electrons. The van der Waals surface area contributed by atoms with Gasteiger partial charge in [-0.15, -0.1) is 0 Å². The first-order valence-corrected chi connectivity index (χ1v) is 11.7. The fraction of sp³-hybridized carbons (Fsp3) is 0.640. The molecule has 1 saturated heterocycles. The van der Waals surface area contributed by atoms with Gasteiger partial charge in [0.2, 0.25) is 5.91 Å². The van der Waals surface area contributed by atoms with Crippen molar-refractivity contribution in [2.75, 3.05) is 13.1 Å². The smallest absolute Gasteiger partial charge is 0.254 e. The van der Waals surface area contributed by atoms with E-state index in [0.717, 1.165) is 44.9 Å².